The smallest absolute Gasteiger partial charge is 0.118 e. The maximum Gasteiger partial charge on any atom is 0.118 e. The van der Waals surface area contributed by atoms with Gasteiger partial charge in [0.15, 0.2) is 0 Å². The molecule has 0 fully saturated rings. The Kier molecular flexibility index (Phi) is 5.63. The lowest BCUT2D eigenvalue weighted by Crippen LogP contribution is -2.34. The molecule has 1 N–H and O–H groups in total. The van der Waals surface area contributed by atoms with Gasteiger partial charge < -0.3 is 14.5 Å². The number of allylic oxidation sites excluding steroid dienone is 1. The first-order valence-corrected chi connectivity index (χ1v) is 6.44. The fourth-order valence-electron chi connectivity index (χ4n) is 1.50. The van der Waals surface area contributed by atoms with Crippen LogP contribution in [0.25, 0.3) is 0 Å². The predicted octanol–water partition coefficient (Wildman–Crippen LogP) is 3.57. The summed E-state index contributed by atoms with van der Waals surface area (Å²) in [6.07, 6.45) is 3.98. The summed E-state index contributed by atoms with van der Waals surface area (Å²) in [5, 5.41) is 3.41. The number of aryl methyl sites for hydroxylation is 1. The fourth-order valence-corrected chi connectivity index (χ4v) is 1.50. The second-order valence-corrected chi connectivity index (χ2v) is 5.48. The third-order valence-corrected chi connectivity index (χ3v) is 2.57. The summed E-state index contributed by atoms with van der Waals surface area (Å²) in [6.45, 7) is 12.4. The fraction of sp³-hybridized carbons (Fsp3) is 0.600. The van der Waals surface area contributed by atoms with Crippen molar-refractivity contribution in [2.75, 3.05) is 6.61 Å². The van der Waals surface area contributed by atoms with Gasteiger partial charge in [-0.25, -0.2) is 0 Å². The number of rotatable bonds is 6. The van der Waals surface area contributed by atoms with Crippen LogP contribution >= 0.6 is 0 Å². The molecule has 1 rings (SSSR count). The zero-order valence-corrected chi connectivity index (χ0v) is 12.2. The van der Waals surface area contributed by atoms with Gasteiger partial charge >= 0.3 is 0 Å². The summed E-state index contributed by atoms with van der Waals surface area (Å²) in [5.74, 6) is 1.91. The van der Waals surface area contributed by atoms with E-state index in [1.807, 2.05) is 26.0 Å². The average molecular weight is 251 g/mol. The van der Waals surface area contributed by atoms with Crippen LogP contribution in [0.4, 0.5) is 0 Å². The Hall–Kier alpha value is -1.06. The highest BCUT2D eigenvalue weighted by molar-refractivity contribution is 5.20. The van der Waals surface area contributed by atoms with Crippen LogP contribution in [0, 0.1) is 6.92 Å². The molecule has 0 radical (unpaired) electrons. The van der Waals surface area contributed by atoms with Gasteiger partial charge in [0.1, 0.15) is 11.5 Å². The van der Waals surface area contributed by atoms with Gasteiger partial charge in [0, 0.05) is 11.1 Å². The molecular formula is C15H25NO2. The first kappa shape index (κ1) is 15.0. The third-order valence-electron chi connectivity index (χ3n) is 2.57. The number of nitrogens with one attached hydrogen (secondary N) is 1. The topological polar surface area (TPSA) is 34.4 Å². The lowest BCUT2D eigenvalue weighted by atomic mass is 10.1. The summed E-state index contributed by atoms with van der Waals surface area (Å²) < 4.78 is 11.2. The SMILES string of the molecule is C/C=C/COCc1cc(CNC(C)(C)C)oc1C. The van der Waals surface area contributed by atoms with Gasteiger partial charge in [-0.05, 0) is 40.7 Å². The van der Waals surface area contributed by atoms with Crippen molar-refractivity contribution >= 4 is 0 Å². The molecule has 0 aromatic carbocycles. The molecule has 0 aliphatic heterocycles. The number of ether oxygens (including phenoxy) is 1. The van der Waals surface area contributed by atoms with E-state index in [2.05, 4.69) is 32.2 Å². The van der Waals surface area contributed by atoms with Crippen LogP contribution in [-0.2, 0) is 17.9 Å². The second-order valence-electron chi connectivity index (χ2n) is 5.48. The molecule has 0 unspecified atom stereocenters. The van der Waals surface area contributed by atoms with Gasteiger partial charge in [0.2, 0.25) is 0 Å². The summed E-state index contributed by atoms with van der Waals surface area (Å²) >= 11 is 0. The first-order valence-electron chi connectivity index (χ1n) is 6.44. The lowest BCUT2D eigenvalue weighted by molar-refractivity contribution is 0.147. The normalized spacial score (nSPS) is 12.5. The molecule has 0 aliphatic carbocycles. The highest BCUT2D eigenvalue weighted by atomic mass is 16.5. The number of furan rings is 1. The van der Waals surface area contributed by atoms with Gasteiger partial charge in [0.05, 0.1) is 19.8 Å². The van der Waals surface area contributed by atoms with E-state index in [9.17, 15) is 0 Å². The van der Waals surface area contributed by atoms with Crippen molar-refractivity contribution in [3.8, 4) is 0 Å². The van der Waals surface area contributed by atoms with Crippen LogP contribution in [-0.4, -0.2) is 12.1 Å². The Morgan fingerprint density at radius 3 is 2.72 bits per heavy atom. The van der Waals surface area contributed by atoms with Crippen molar-refractivity contribution in [3.63, 3.8) is 0 Å². The van der Waals surface area contributed by atoms with Crippen LogP contribution in [0.3, 0.4) is 0 Å². The van der Waals surface area contributed by atoms with Crippen LogP contribution in [0.15, 0.2) is 22.6 Å². The monoisotopic (exact) mass is 251 g/mol. The van der Waals surface area contributed by atoms with Crippen molar-refractivity contribution in [1.82, 2.24) is 5.32 Å². The van der Waals surface area contributed by atoms with Gasteiger partial charge in [-0.3, -0.25) is 0 Å². The Morgan fingerprint density at radius 2 is 2.11 bits per heavy atom. The maximum absolute atomic E-state index is 5.71. The van der Waals surface area contributed by atoms with E-state index < -0.39 is 0 Å². The summed E-state index contributed by atoms with van der Waals surface area (Å²) in [4.78, 5) is 0. The zero-order valence-electron chi connectivity index (χ0n) is 12.2. The molecule has 3 heteroatoms. The Labute approximate surface area is 110 Å². The molecule has 0 saturated carbocycles. The van der Waals surface area contributed by atoms with Crippen molar-refractivity contribution in [2.24, 2.45) is 0 Å². The minimum Gasteiger partial charge on any atom is -0.465 e. The molecule has 0 bridgehead atoms. The Bertz CT molecular complexity index is 386. The molecule has 1 aromatic heterocycles. The minimum absolute atomic E-state index is 0.100. The molecular weight excluding hydrogens is 226 g/mol. The summed E-state index contributed by atoms with van der Waals surface area (Å²) in [6, 6.07) is 2.07. The quantitative estimate of drug-likeness (QED) is 0.620. The van der Waals surface area contributed by atoms with E-state index in [1.165, 1.54) is 0 Å². The highest BCUT2D eigenvalue weighted by Gasteiger charge is 2.12. The molecule has 3 nitrogen and oxygen atoms in total. The third kappa shape index (κ3) is 5.52. The van der Waals surface area contributed by atoms with Crippen molar-refractivity contribution in [3.05, 3.63) is 35.3 Å². The molecule has 1 heterocycles. The van der Waals surface area contributed by atoms with Crippen LogP contribution in [0.1, 0.15) is 44.8 Å². The molecule has 0 aliphatic rings. The van der Waals surface area contributed by atoms with E-state index in [4.69, 9.17) is 9.15 Å². The van der Waals surface area contributed by atoms with Crippen LogP contribution in [0.2, 0.25) is 0 Å². The van der Waals surface area contributed by atoms with Crippen LogP contribution in [0.5, 0.6) is 0 Å². The molecule has 18 heavy (non-hydrogen) atoms. The van der Waals surface area contributed by atoms with Crippen LogP contribution < -0.4 is 5.32 Å². The molecule has 0 amide bonds. The summed E-state index contributed by atoms with van der Waals surface area (Å²) in [5.41, 5.74) is 1.23. The van der Waals surface area contributed by atoms with E-state index in [-0.39, 0.29) is 5.54 Å². The number of hydrogen-bond acceptors (Lipinski definition) is 3. The lowest BCUT2D eigenvalue weighted by Gasteiger charge is -2.19. The second kappa shape index (κ2) is 6.76. The van der Waals surface area contributed by atoms with Crippen molar-refractivity contribution < 1.29 is 9.15 Å². The Balaban J connectivity index is 2.48. The van der Waals surface area contributed by atoms with Gasteiger partial charge in [-0.1, -0.05) is 12.2 Å². The van der Waals surface area contributed by atoms with E-state index in [1.54, 1.807) is 0 Å². The van der Waals surface area contributed by atoms with E-state index >= 15 is 0 Å². The Morgan fingerprint density at radius 1 is 1.39 bits per heavy atom. The molecule has 102 valence electrons. The van der Waals surface area contributed by atoms with Gasteiger partial charge in [-0.15, -0.1) is 0 Å². The number of hydrogen-bond donors (Lipinski definition) is 1. The van der Waals surface area contributed by atoms with Crippen molar-refractivity contribution in [2.45, 2.75) is 53.3 Å². The minimum atomic E-state index is 0.100. The van der Waals surface area contributed by atoms with Gasteiger partial charge in [-0.2, -0.15) is 0 Å². The van der Waals surface area contributed by atoms with E-state index in [0.29, 0.717) is 13.2 Å². The van der Waals surface area contributed by atoms with Gasteiger partial charge in [0.25, 0.3) is 0 Å². The average Bonchev–Trinajstić information content (AvgIpc) is 2.62. The largest absolute Gasteiger partial charge is 0.465 e. The molecule has 0 saturated heterocycles. The maximum atomic E-state index is 5.71. The molecule has 1 aromatic rings. The standard InChI is InChI=1S/C15H25NO2/c1-6-7-8-17-11-13-9-14(18-12(13)2)10-16-15(3,4)5/h6-7,9,16H,8,10-11H2,1-5H3/b7-6+. The van der Waals surface area contributed by atoms with Crippen molar-refractivity contribution in [1.29, 1.82) is 0 Å². The van der Waals surface area contributed by atoms with E-state index in [0.717, 1.165) is 23.6 Å². The molecule has 0 spiro atoms. The zero-order chi connectivity index (χ0) is 13.6. The molecule has 0 atom stereocenters. The highest BCUT2D eigenvalue weighted by Crippen LogP contribution is 2.16. The predicted molar refractivity (Wildman–Crippen MR) is 74.5 cm³/mol. The summed E-state index contributed by atoms with van der Waals surface area (Å²) in [7, 11) is 0. The first-order chi connectivity index (χ1) is 8.42.